The molecule has 1 atom stereocenters. The Bertz CT molecular complexity index is 1240. The number of carbonyl (C=O) groups is 4. The minimum Gasteiger partial charge on any atom is -0.386 e. The Morgan fingerprint density at radius 2 is 2.05 bits per heavy atom. The van der Waals surface area contributed by atoms with E-state index in [1.54, 1.807) is 25.2 Å². The summed E-state index contributed by atoms with van der Waals surface area (Å²) in [6.07, 6.45) is 6.85. The molecule has 1 aromatic carbocycles. The number of hydrogen-bond acceptors (Lipinski definition) is 7. The highest BCUT2D eigenvalue weighted by Gasteiger charge is 2.47. The lowest BCUT2D eigenvalue weighted by molar-refractivity contribution is -0.131. The molecule has 2 aromatic rings. The van der Waals surface area contributed by atoms with Crippen LogP contribution >= 0.6 is 0 Å². The van der Waals surface area contributed by atoms with E-state index in [0.717, 1.165) is 10.6 Å². The van der Waals surface area contributed by atoms with E-state index in [1.807, 2.05) is 6.07 Å². The fourth-order valence-electron chi connectivity index (χ4n) is 3.55. The van der Waals surface area contributed by atoms with E-state index >= 15 is 0 Å². The van der Waals surface area contributed by atoms with Crippen molar-refractivity contribution in [2.75, 3.05) is 32.0 Å². The van der Waals surface area contributed by atoms with E-state index in [-0.39, 0.29) is 25.3 Å². The number of benzene rings is 1. The number of amides is 3. The number of hydrogen-bond donors (Lipinski definition) is 3. The van der Waals surface area contributed by atoms with Gasteiger partial charge in [-0.3, -0.25) is 19.4 Å². The first-order chi connectivity index (χ1) is 17.7. The van der Waals surface area contributed by atoms with Crippen LogP contribution in [0.1, 0.15) is 29.6 Å². The zero-order valence-corrected chi connectivity index (χ0v) is 20.1. The van der Waals surface area contributed by atoms with Crippen LogP contribution in [0, 0.1) is 23.7 Å². The fourth-order valence-corrected chi connectivity index (χ4v) is 3.55. The number of alkyl halides is 2. The van der Waals surface area contributed by atoms with E-state index < -0.39 is 43.3 Å². The van der Waals surface area contributed by atoms with Crippen molar-refractivity contribution in [2.24, 2.45) is 0 Å². The maximum absolute atomic E-state index is 13.5. The number of nitrogens with one attached hydrogen (secondary N) is 3. The van der Waals surface area contributed by atoms with E-state index in [4.69, 9.17) is 11.7 Å². The van der Waals surface area contributed by atoms with Gasteiger partial charge in [-0.15, -0.1) is 6.42 Å². The summed E-state index contributed by atoms with van der Waals surface area (Å²) >= 11 is 0. The molecule has 3 N–H and O–H groups in total. The number of halogens is 2. The normalized spacial score (nSPS) is 15.4. The lowest BCUT2D eigenvalue weighted by atomic mass is 10.1. The summed E-state index contributed by atoms with van der Waals surface area (Å²) in [5.74, 6) is -2.26. The minimum absolute atomic E-state index is 0.176. The van der Waals surface area contributed by atoms with Crippen LogP contribution in [-0.2, 0) is 14.4 Å². The number of carbonyl (C=O) groups excluding carboxylic acids is 4. The molecule has 10 nitrogen and oxygen atoms in total. The molecule has 1 aromatic heterocycles. The van der Waals surface area contributed by atoms with E-state index in [2.05, 4.69) is 26.9 Å². The second-order valence-corrected chi connectivity index (χ2v) is 7.91. The maximum Gasteiger partial charge on any atom is 0.268 e. The molecule has 0 radical (unpaired) electrons. The number of fused-ring (bicyclic) bond motifs is 1. The SMILES string of the molecule is C#CCNC(=O)CCC=O.CNc1cccc2c(C(=O)NCC(=O)N3CC(F)(F)CC3C#N)ccnc12. The average Bonchev–Trinajstić information content (AvgIpc) is 3.23. The third-order valence-corrected chi connectivity index (χ3v) is 5.30. The number of rotatable bonds is 8. The van der Waals surface area contributed by atoms with E-state index in [0.29, 0.717) is 22.8 Å². The number of nitriles is 1. The summed E-state index contributed by atoms with van der Waals surface area (Å²) in [6.45, 7) is -1.05. The number of nitrogens with zero attached hydrogens (tertiary/aromatic N) is 3. The summed E-state index contributed by atoms with van der Waals surface area (Å²) in [4.78, 5) is 50.1. The molecule has 12 heteroatoms. The highest BCUT2D eigenvalue weighted by molar-refractivity contribution is 6.09. The molecule has 0 spiro atoms. The molecule has 2 heterocycles. The summed E-state index contributed by atoms with van der Waals surface area (Å²) in [5.41, 5.74) is 1.66. The Labute approximate surface area is 212 Å². The summed E-state index contributed by atoms with van der Waals surface area (Å²) in [6, 6.07) is 7.34. The van der Waals surface area contributed by atoms with Gasteiger partial charge in [0.15, 0.2) is 0 Å². The fraction of sp³-hybridized carbons (Fsp3) is 0.360. The van der Waals surface area contributed by atoms with Gasteiger partial charge in [-0.2, -0.15) is 5.26 Å². The molecule has 3 amide bonds. The van der Waals surface area contributed by atoms with Gasteiger partial charge >= 0.3 is 0 Å². The molecule has 1 aliphatic rings. The topological polar surface area (TPSA) is 144 Å². The number of aromatic nitrogens is 1. The molecule has 3 rings (SSSR count). The Balaban J connectivity index is 0.000000410. The van der Waals surface area contributed by atoms with Crippen LogP contribution in [0.3, 0.4) is 0 Å². The summed E-state index contributed by atoms with van der Waals surface area (Å²) in [7, 11) is 1.74. The summed E-state index contributed by atoms with van der Waals surface area (Å²) in [5, 5.41) is 17.4. The van der Waals surface area contributed by atoms with Crippen molar-refractivity contribution in [3.05, 3.63) is 36.0 Å². The van der Waals surface area contributed by atoms with Crippen molar-refractivity contribution in [2.45, 2.75) is 31.2 Å². The van der Waals surface area contributed by atoms with Crippen molar-refractivity contribution in [3.8, 4) is 18.4 Å². The lowest BCUT2D eigenvalue weighted by Gasteiger charge is -2.19. The van der Waals surface area contributed by atoms with Crippen molar-refractivity contribution < 1.29 is 28.0 Å². The molecule has 1 unspecified atom stereocenters. The van der Waals surface area contributed by atoms with Crippen LogP contribution in [0.5, 0.6) is 0 Å². The molecule has 0 bridgehead atoms. The standard InChI is InChI=1S/C18H17F2N5O2.C7H9NO2/c1-22-14-4-2-3-12-13(5-6-23-16(12)14)17(27)24-9-15(26)25-10-18(19,20)7-11(25)8-21;1-2-5-8-7(10)4-3-6-9/h2-6,11,22H,7,9-10H2,1H3,(H,24,27);1,6H,3-5H2,(H,8,10). The van der Waals surface area contributed by atoms with Crippen LogP contribution in [-0.4, -0.2) is 72.5 Å². The van der Waals surface area contributed by atoms with Gasteiger partial charge in [-0.05, 0) is 12.1 Å². The van der Waals surface area contributed by atoms with Crippen LogP contribution in [0.4, 0.5) is 14.5 Å². The molecular weight excluding hydrogens is 486 g/mol. The largest absolute Gasteiger partial charge is 0.386 e. The van der Waals surface area contributed by atoms with Gasteiger partial charge in [0.1, 0.15) is 12.3 Å². The number of likely N-dealkylation sites (tertiary alicyclic amines) is 1. The van der Waals surface area contributed by atoms with Gasteiger partial charge in [0.25, 0.3) is 11.8 Å². The van der Waals surface area contributed by atoms with Gasteiger partial charge < -0.3 is 25.6 Å². The molecule has 37 heavy (non-hydrogen) atoms. The summed E-state index contributed by atoms with van der Waals surface area (Å²) < 4.78 is 26.9. The number of aldehydes is 1. The zero-order chi connectivity index (χ0) is 27.4. The van der Waals surface area contributed by atoms with Gasteiger partial charge in [0.05, 0.1) is 42.5 Å². The third kappa shape index (κ3) is 7.97. The van der Waals surface area contributed by atoms with Crippen LogP contribution in [0.15, 0.2) is 30.5 Å². The van der Waals surface area contributed by atoms with Gasteiger partial charge in [0.2, 0.25) is 11.8 Å². The molecule has 0 saturated carbocycles. The maximum atomic E-state index is 13.5. The Morgan fingerprint density at radius 1 is 1.30 bits per heavy atom. The highest BCUT2D eigenvalue weighted by atomic mass is 19.3. The lowest BCUT2D eigenvalue weighted by Crippen LogP contribution is -2.43. The zero-order valence-electron chi connectivity index (χ0n) is 20.1. The van der Waals surface area contributed by atoms with Crippen molar-refractivity contribution >= 4 is 40.6 Å². The first-order valence-electron chi connectivity index (χ1n) is 11.2. The smallest absolute Gasteiger partial charge is 0.268 e. The van der Waals surface area contributed by atoms with Crippen LogP contribution < -0.4 is 16.0 Å². The first kappa shape index (κ1) is 28.7. The van der Waals surface area contributed by atoms with Crippen LogP contribution in [0.2, 0.25) is 0 Å². The number of para-hydroxylation sites is 1. The second-order valence-electron chi connectivity index (χ2n) is 7.91. The molecular formula is C25H26F2N6O4. The van der Waals surface area contributed by atoms with Crippen molar-refractivity contribution in [1.82, 2.24) is 20.5 Å². The number of anilines is 1. The Hall–Kier alpha value is -4.58. The molecule has 0 aliphatic carbocycles. The first-order valence-corrected chi connectivity index (χ1v) is 11.2. The minimum atomic E-state index is -3.09. The molecule has 194 valence electrons. The van der Waals surface area contributed by atoms with Gasteiger partial charge in [0, 0.05) is 37.9 Å². The van der Waals surface area contributed by atoms with E-state index in [1.165, 1.54) is 12.3 Å². The third-order valence-electron chi connectivity index (χ3n) is 5.30. The Kier molecular flexibility index (Phi) is 10.5. The predicted molar refractivity (Wildman–Crippen MR) is 131 cm³/mol. The highest BCUT2D eigenvalue weighted by Crippen LogP contribution is 2.31. The molecule has 1 fully saturated rings. The van der Waals surface area contributed by atoms with Gasteiger partial charge in [-0.1, -0.05) is 18.1 Å². The van der Waals surface area contributed by atoms with Crippen LogP contribution in [0.25, 0.3) is 10.9 Å². The number of terminal acetylenes is 1. The van der Waals surface area contributed by atoms with Gasteiger partial charge in [-0.25, -0.2) is 8.78 Å². The second kappa shape index (κ2) is 13.5. The predicted octanol–water partition coefficient (Wildman–Crippen LogP) is 1.48. The Morgan fingerprint density at radius 3 is 2.70 bits per heavy atom. The molecule has 1 aliphatic heterocycles. The average molecular weight is 513 g/mol. The van der Waals surface area contributed by atoms with Crippen molar-refractivity contribution in [1.29, 1.82) is 5.26 Å². The number of pyridine rings is 1. The van der Waals surface area contributed by atoms with Crippen molar-refractivity contribution in [3.63, 3.8) is 0 Å². The monoisotopic (exact) mass is 512 g/mol. The molecule has 1 saturated heterocycles. The quantitative estimate of drug-likeness (QED) is 0.359. The van der Waals surface area contributed by atoms with E-state index in [9.17, 15) is 28.0 Å².